The molecule has 1 heterocycles. The van der Waals surface area contributed by atoms with Gasteiger partial charge in [-0.25, -0.2) is 5.26 Å². The van der Waals surface area contributed by atoms with Crippen LogP contribution >= 0.6 is 12.0 Å². The summed E-state index contributed by atoms with van der Waals surface area (Å²) < 4.78 is 4.70. The molecule has 6 aromatic carbocycles. The molecule has 0 saturated heterocycles. The van der Waals surface area contributed by atoms with Gasteiger partial charge >= 0.3 is 0 Å². The quantitative estimate of drug-likeness (QED) is 0.0752. The number of aromatic nitrogens is 3. The topological polar surface area (TPSA) is 139 Å². The highest BCUT2D eigenvalue weighted by Gasteiger charge is 2.17. The molecule has 0 atom stereocenters. The van der Waals surface area contributed by atoms with Crippen LogP contribution in [0.15, 0.2) is 135 Å². The maximum Gasteiger partial charge on any atom is 0.152 e. The Labute approximate surface area is 260 Å². The SMILES string of the molecule is Cc1ccc(N=Nc2ccc(N=Nc3c(SOOO)cc4cc(-n5nc6ccc7ccccc7c6n5)ccc4c3O)cc2)cc1. The van der Waals surface area contributed by atoms with Gasteiger partial charge in [-0.3, -0.25) is 0 Å². The molecule has 0 aliphatic carbocycles. The van der Waals surface area contributed by atoms with Crippen molar-refractivity contribution in [3.05, 3.63) is 115 Å². The van der Waals surface area contributed by atoms with Crippen molar-refractivity contribution in [3.63, 3.8) is 0 Å². The Morgan fingerprint density at radius 2 is 1.38 bits per heavy atom. The van der Waals surface area contributed by atoms with Gasteiger partial charge in [0, 0.05) is 10.8 Å². The molecular weight excluding hydrogens is 590 g/mol. The van der Waals surface area contributed by atoms with E-state index in [4.69, 9.17) is 14.7 Å². The summed E-state index contributed by atoms with van der Waals surface area (Å²) in [4.78, 5) is 1.91. The van der Waals surface area contributed by atoms with Crippen LogP contribution in [-0.4, -0.2) is 25.4 Å². The average molecular weight is 614 g/mol. The molecule has 0 radical (unpaired) electrons. The van der Waals surface area contributed by atoms with Crippen molar-refractivity contribution >= 4 is 67.4 Å². The van der Waals surface area contributed by atoms with Gasteiger partial charge in [0.25, 0.3) is 0 Å². The van der Waals surface area contributed by atoms with E-state index < -0.39 is 0 Å². The molecule has 11 nitrogen and oxygen atoms in total. The lowest BCUT2D eigenvalue weighted by molar-refractivity contribution is -0.432. The molecule has 0 saturated carbocycles. The van der Waals surface area contributed by atoms with Gasteiger partial charge in [-0.2, -0.15) is 20.1 Å². The van der Waals surface area contributed by atoms with Crippen molar-refractivity contribution < 1.29 is 19.7 Å². The van der Waals surface area contributed by atoms with Gasteiger partial charge in [-0.15, -0.1) is 19.6 Å². The Kier molecular flexibility index (Phi) is 7.68. The highest BCUT2D eigenvalue weighted by atomic mass is 32.2. The van der Waals surface area contributed by atoms with E-state index in [9.17, 15) is 5.11 Å². The van der Waals surface area contributed by atoms with Gasteiger partial charge in [0.2, 0.25) is 0 Å². The van der Waals surface area contributed by atoms with E-state index in [2.05, 4.69) is 30.6 Å². The summed E-state index contributed by atoms with van der Waals surface area (Å²) in [5.74, 6) is -0.125. The normalized spacial score (nSPS) is 12.0. The highest BCUT2D eigenvalue weighted by Crippen LogP contribution is 2.44. The third-order valence-corrected chi connectivity index (χ3v) is 7.75. The van der Waals surface area contributed by atoms with E-state index in [0.29, 0.717) is 44.8 Å². The summed E-state index contributed by atoms with van der Waals surface area (Å²) in [6.45, 7) is 2.01. The maximum absolute atomic E-state index is 11.2. The fourth-order valence-corrected chi connectivity index (χ4v) is 5.36. The average Bonchev–Trinajstić information content (AvgIpc) is 3.52. The predicted molar refractivity (Wildman–Crippen MR) is 172 cm³/mol. The molecule has 0 bridgehead atoms. The van der Waals surface area contributed by atoms with Gasteiger partial charge in [-0.05, 0) is 84.4 Å². The van der Waals surface area contributed by atoms with Crippen molar-refractivity contribution in [1.29, 1.82) is 0 Å². The van der Waals surface area contributed by atoms with Gasteiger partial charge in [0.15, 0.2) is 5.75 Å². The number of fused-ring (bicyclic) bond motifs is 4. The Bertz CT molecular complexity index is 2230. The second-order valence-electron chi connectivity index (χ2n) is 10.1. The molecule has 0 fully saturated rings. The lowest BCUT2D eigenvalue weighted by atomic mass is 10.1. The van der Waals surface area contributed by atoms with Gasteiger partial charge in [0.05, 0.1) is 39.7 Å². The summed E-state index contributed by atoms with van der Waals surface area (Å²) >= 11 is 0.674. The maximum atomic E-state index is 11.2. The summed E-state index contributed by atoms with van der Waals surface area (Å²) in [6.07, 6.45) is 0. The van der Waals surface area contributed by atoms with Crippen molar-refractivity contribution in [2.75, 3.05) is 0 Å². The molecule has 0 aliphatic rings. The first-order valence-corrected chi connectivity index (χ1v) is 14.5. The fraction of sp³-hybridized carbons (Fsp3) is 0.0303. The molecule has 0 unspecified atom stereocenters. The van der Waals surface area contributed by atoms with Crippen LogP contribution in [0.1, 0.15) is 5.56 Å². The first-order valence-electron chi connectivity index (χ1n) is 13.8. The van der Waals surface area contributed by atoms with Gasteiger partial charge in [0.1, 0.15) is 16.7 Å². The van der Waals surface area contributed by atoms with Crippen molar-refractivity contribution in [3.8, 4) is 11.4 Å². The number of hydrogen-bond acceptors (Lipinski definition) is 11. The standard InChI is InChI=1S/C33H23N7O4S/c1-20-6-9-23(10-7-20)34-35-24-11-13-25(14-12-24)36-37-32-30(45-44-43-42)19-22-18-26(15-16-28(22)33(32)41)40-38-29-17-8-21-4-2-3-5-27(21)31(29)39-40/h2-19,41-42H,1H3. The van der Waals surface area contributed by atoms with Gasteiger partial charge in [-0.1, -0.05) is 53.1 Å². The molecule has 1 aromatic heterocycles. The Balaban J connectivity index is 1.19. The zero-order valence-corrected chi connectivity index (χ0v) is 24.5. The van der Waals surface area contributed by atoms with Crippen LogP contribution in [-0.2, 0) is 9.37 Å². The smallest absolute Gasteiger partial charge is 0.152 e. The second kappa shape index (κ2) is 12.2. The van der Waals surface area contributed by atoms with E-state index in [0.717, 1.165) is 33.1 Å². The molecule has 0 spiro atoms. The molecule has 45 heavy (non-hydrogen) atoms. The molecule has 0 amide bonds. The van der Waals surface area contributed by atoms with E-state index in [1.165, 1.54) is 0 Å². The number of nitrogens with zero attached hydrogens (tertiary/aromatic N) is 7. The molecule has 0 aliphatic heterocycles. The Morgan fingerprint density at radius 3 is 2.11 bits per heavy atom. The number of aromatic hydroxyl groups is 1. The third-order valence-electron chi connectivity index (χ3n) is 7.13. The van der Waals surface area contributed by atoms with Crippen molar-refractivity contribution in [2.45, 2.75) is 11.8 Å². The molecular formula is C33H23N7O4S. The number of hydrogen-bond donors (Lipinski definition) is 2. The molecule has 220 valence electrons. The van der Waals surface area contributed by atoms with Crippen molar-refractivity contribution in [2.24, 2.45) is 20.5 Å². The highest BCUT2D eigenvalue weighted by molar-refractivity contribution is 7.94. The van der Waals surface area contributed by atoms with E-state index in [1.54, 1.807) is 41.2 Å². The molecule has 7 aromatic rings. The number of aryl methyl sites for hydroxylation is 1. The monoisotopic (exact) mass is 613 g/mol. The number of azo groups is 2. The first-order chi connectivity index (χ1) is 22.1. The summed E-state index contributed by atoms with van der Waals surface area (Å²) in [5.41, 5.74) is 5.46. The van der Waals surface area contributed by atoms with E-state index >= 15 is 0 Å². The number of rotatable bonds is 8. The van der Waals surface area contributed by atoms with E-state index in [1.807, 2.05) is 79.7 Å². The van der Waals surface area contributed by atoms with Crippen LogP contribution in [0.5, 0.6) is 5.75 Å². The predicted octanol–water partition coefficient (Wildman–Crippen LogP) is 10.0. The molecule has 12 heteroatoms. The minimum atomic E-state index is -0.125. The lowest BCUT2D eigenvalue weighted by Gasteiger charge is -2.10. The van der Waals surface area contributed by atoms with Crippen LogP contribution in [0.4, 0.5) is 22.7 Å². The third kappa shape index (κ3) is 5.86. The summed E-state index contributed by atoms with van der Waals surface area (Å²) in [6, 6.07) is 33.9. The lowest BCUT2D eigenvalue weighted by Crippen LogP contribution is -1.98. The Hall–Kier alpha value is -5.53. The zero-order chi connectivity index (χ0) is 30.8. The second-order valence-corrected chi connectivity index (χ2v) is 10.8. The zero-order valence-electron chi connectivity index (χ0n) is 23.6. The van der Waals surface area contributed by atoms with Crippen molar-refractivity contribution in [1.82, 2.24) is 15.0 Å². The number of phenols is 1. The van der Waals surface area contributed by atoms with Crippen LogP contribution in [0.2, 0.25) is 0 Å². The van der Waals surface area contributed by atoms with Crippen LogP contribution in [0.25, 0.3) is 38.3 Å². The Morgan fingerprint density at radius 1 is 0.689 bits per heavy atom. The van der Waals surface area contributed by atoms with Crippen LogP contribution in [0.3, 0.4) is 0 Å². The summed E-state index contributed by atoms with van der Waals surface area (Å²) in [5, 5.41) is 53.7. The minimum absolute atomic E-state index is 0.125. The number of phenolic OH excluding ortho intramolecular Hbond substituents is 1. The minimum Gasteiger partial charge on any atom is -0.505 e. The summed E-state index contributed by atoms with van der Waals surface area (Å²) in [7, 11) is 0. The molecule has 2 N–H and O–H groups in total. The van der Waals surface area contributed by atoms with E-state index in [-0.39, 0.29) is 11.4 Å². The van der Waals surface area contributed by atoms with Crippen LogP contribution in [0, 0.1) is 6.92 Å². The fourth-order valence-electron chi connectivity index (χ4n) is 4.86. The molecule has 7 rings (SSSR count). The first kappa shape index (κ1) is 28.3. The van der Waals surface area contributed by atoms with Gasteiger partial charge < -0.3 is 5.11 Å². The van der Waals surface area contributed by atoms with Crippen LogP contribution < -0.4 is 0 Å². The largest absolute Gasteiger partial charge is 0.505 e. The number of benzene rings is 6.